The Bertz CT molecular complexity index is 1800. The Morgan fingerprint density at radius 3 is 2.32 bits per heavy atom. The fourth-order valence-electron chi connectivity index (χ4n) is 5.50. The predicted molar refractivity (Wildman–Crippen MR) is 179 cm³/mol. The molecule has 0 unspecified atom stereocenters. The number of aliphatic imine (C=N–C) groups is 1. The van der Waals surface area contributed by atoms with Crippen LogP contribution in [0.15, 0.2) is 118 Å². The highest BCUT2D eigenvalue weighted by Crippen LogP contribution is 2.46. The van der Waals surface area contributed by atoms with Gasteiger partial charge in [-0.25, -0.2) is 4.99 Å². The molecule has 0 aromatic heterocycles. The molecule has 1 aliphatic rings. The number of benzene rings is 4. The standard InChI is InChI=1S/C35H34N8O4/c36-42-40-30-15-6-4-13-27(30)24-35(34(45)38-21-8-12-25-10-2-1-3-11-25)32(29-14-5-7-16-31(29)41-43-37)47-33(39-35)26-17-19-28(20-18-26)46-23-9-22-44/h1-7,10-11,13-20,32,44H,8-9,12,21-24H2,(H,38,45)/t32-,35-/m1/s1. The van der Waals surface area contributed by atoms with Gasteiger partial charge in [0.1, 0.15) is 5.75 Å². The molecule has 0 saturated carbocycles. The zero-order chi connectivity index (χ0) is 32.9. The van der Waals surface area contributed by atoms with Gasteiger partial charge in [-0.3, -0.25) is 4.79 Å². The first-order chi connectivity index (χ1) is 23.1. The molecule has 0 fully saturated rings. The number of amides is 1. The van der Waals surface area contributed by atoms with Gasteiger partial charge in [0.25, 0.3) is 5.91 Å². The number of carbonyl (C=O) groups excluding carboxylic acids is 1. The number of nitrogens with zero attached hydrogens (tertiary/aromatic N) is 7. The van der Waals surface area contributed by atoms with Crippen LogP contribution in [0.3, 0.4) is 0 Å². The number of carbonyl (C=O) groups is 1. The van der Waals surface area contributed by atoms with E-state index in [1.807, 2.05) is 30.3 Å². The summed E-state index contributed by atoms with van der Waals surface area (Å²) in [5, 5.41) is 19.9. The maximum atomic E-state index is 14.5. The molecular formula is C35H34N8O4. The third-order valence-corrected chi connectivity index (χ3v) is 7.78. The van der Waals surface area contributed by atoms with Gasteiger partial charge in [-0.2, -0.15) is 0 Å². The van der Waals surface area contributed by atoms with E-state index in [0.29, 0.717) is 59.8 Å². The number of azide groups is 2. The van der Waals surface area contributed by atoms with Crippen molar-refractivity contribution in [2.75, 3.05) is 19.8 Å². The number of aryl methyl sites for hydroxylation is 1. The molecule has 0 saturated heterocycles. The Balaban J connectivity index is 1.57. The molecule has 0 spiro atoms. The first-order valence-electron chi connectivity index (χ1n) is 15.3. The van der Waals surface area contributed by atoms with Crippen LogP contribution in [-0.2, 0) is 22.4 Å². The van der Waals surface area contributed by atoms with E-state index in [-0.39, 0.29) is 24.8 Å². The Morgan fingerprint density at radius 2 is 1.57 bits per heavy atom. The van der Waals surface area contributed by atoms with Gasteiger partial charge in [0.2, 0.25) is 5.90 Å². The summed E-state index contributed by atoms with van der Waals surface area (Å²) in [7, 11) is 0. The molecule has 1 amide bonds. The molecule has 47 heavy (non-hydrogen) atoms. The largest absolute Gasteiger partial charge is 0.494 e. The lowest BCUT2D eigenvalue weighted by Crippen LogP contribution is -2.50. The van der Waals surface area contributed by atoms with Gasteiger partial charge in [-0.15, -0.1) is 0 Å². The van der Waals surface area contributed by atoms with Crippen molar-refractivity contribution in [3.8, 4) is 5.75 Å². The summed E-state index contributed by atoms with van der Waals surface area (Å²) in [6, 6.07) is 31.1. The third kappa shape index (κ3) is 7.89. The molecule has 12 nitrogen and oxygen atoms in total. The van der Waals surface area contributed by atoms with Crippen LogP contribution >= 0.6 is 0 Å². The quantitative estimate of drug-likeness (QED) is 0.0595. The Kier molecular flexibility index (Phi) is 11.1. The minimum atomic E-state index is -1.58. The van der Waals surface area contributed by atoms with Crippen molar-refractivity contribution >= 4 is 23.2 Å². The van der Waals surface area contributed by atoms with Crippen molar-refractivity contribution < 1.29 is 19.4 Å². The SMILES string of the molecule is [N-]=[N+]=Nc1ccccc1C[C@@]1(C(=O)NCCCc2ccccc2)N=C(c2ccc(OCCCO)cc2)O[C@@H]1c1ccccc1N=[N+]=[N-]. The number of hydrogen-bond acceptors (Lipinski definition) is 7. The number of aliphatic hydroxyl groups is 1. The second-order valence-corrected chi connectivity index (χ2v) is 10.9. The molecule has 1 heterocycles. The minimum absolute atomic E-state index is 0.0217. The summed E-state index contributed by atoms with van der Waals surface area (Å²) in [5.41, 5.74) is 20.6. The van der Waals surface area contributed by atoms with Crippen LogP contribution in [-0.4, -0.2) is 42.2 Å². The van der Waals surface area contributed by atoms with E-state index in [1.165, 1.54) is 0 Å². The lowest BCUT2D eigenvalue weighted by molar-refractivity contribution is -0.128. The van der Waals surface area contributed by atoms with Crippen LogP contribution < -0.4 is 10.1 Å². The summed E-state index contributed by atoms with van der Waals surface area (Å²) >= 11 is 0. The van der Waals surface area contributed by atoms with Gasteiger partial charge < -0.3 is 19.9 Å². The number of nitrogens with one attached hydrogen (secondary N) is 1. The fraction of sp³-hybridized carbons (Fsp3) is 0.257. The van der Waals surface area contributed by atoms with E-state index in [2.05, 4.69) is 25.4 Å². The maximum absolute atomic E-state index is 14.5. The van der Waals surface area contributed by atoms with Crippen molar-refractivity contribution in [1.82, 2.24) is 5.32 Å². The van der Waals surface area contributed by atoms with Crippen molar-refractivity contribution in [3.05, 3.63) is 146 Å². The van der Waals surface area contributed by atoms with E-state index < -0.39 is 11.6 Å². The van der Waals surface area contributed by atoms with Crippen molar-refractivity contribution in [2.45, 2.75) is 37.3 Å². The second-order valence-electron chi connectivity index (χ2n) is 10.9. The van der Waals surface area contributed by atoms with Crippen molar-refractivity contribution in [2.24, 2.45) is 15.2 Å². The molecule has 0 bridgehead atoms. The van der Waals surface area contributed by atoms with Gasteiger partial charge in [-0.05, 0) is 59.3 Å². The predicted octanol–water partition coefficient (Wildman–Crippen LogP) is 7.58. The summed E-state index contributed by atoms with van der Waals surface area (Å²) in [6.45, 7) is 0.771. The number of aliphatic hydroxyl groups excluding tert-OH is 1. The molecule has 2 atom stereocenters. The second kappa shape index (κ2) is 16.0. The summed E-state index contributed by atoms with van der Waals surface area (Å²) < 4.78 is 12.3. The van der Waals surface area contributed by atoms with Crippen LogP contribution in [0.1, 0.15) is 41.2 Å². The summed E-state index contributed by atoms with van der Waals surface area (Å²) in [4.78, 5) is 25.6. The van der Waals surface area contributed by atoms with Gasteiger partial charge in [-0.1, -0.05) is 89.1 Å². The lowest BCUT2D eigenvalue weighted by atomic mass is 9.81. The monoisotopic (exact) mass is 630 g/mol. The van der Waals surface area contributed by atoms with E-state index in [0.717, 1.165) is 12.0 Å². The van der Waals surface area contributed by atoms with Crippen LogP contribution in [0, 0.1) is 0 Å². The van der Waals surface area contributed by atoms with Crippen LogP contribution in [0.5, 0.6) is 5.75 Å². The number of hydrogen-bond donors (Lipinski definition) is 2. The highest BCUT2D eigenvalue weighted by Gasteiger charge is 2.54. The Labute approximate surface area is 272 Å². The first kappa shape index (κ1) is 32.6. The minimum Gasteiger partial charge on any atom is -0.494 e. The Morgan fingerprint density at radius 1 is 0.894 bits per heavy atom. The molecule has 12 heteroatoms. The molecule has 238 valence electrons. The average molecular weight is 631 g/mol. The zero-order valence-corrected chi connectivity index (χ0v) is 25.6. The van der Waals surface area contributed by atoms with Crippen molar-refractivity contribution in [3.63, 3.8) is 0 Å². The Hall–Kier alpha value is -5.80. The first-order valence-corrected chi connectivity index (χ1v) is 15.3. The zero-order valence-electron chi connectivity index (χ0n) is 25.6. The molecule has 1 aliphatic heterocycles. The van der Waals surface area contributed by atoms with Gasteiger partial charge in [0.15, 0.2) is 11.6 Å². The van der Waals surface area contributed by atoms with Crippen molar-refractivity contribution in [1.29, 1.82) is 0 Å². The van der Waals surface area contributed by atoms with E-state index in [1.54, 1.807) is 72.8 Å². The molecule has 5 rings (SSSR count). The van der Waals surface area contributed by atoms with Gasteiger partial charge in [0.05, 0.1) is 6.61 Å². The highest BCUT2D eigenvalue weighted by molar-refractivity contribution is 6.01. The maximum Gasteiger partial charge on any atom is 0.252 e. The normalized spacial score (nSPS) is 16.6. The molecule has 2 N–H and O–H groups in total. The highest BCUT2D eigenvalue weighted by atomic mass is 16.5. The summed E-state index contributed by atoms with van der Waals surface area (Å²) in [5.74, 6) is 0.436. The van der Waals surface area contributed by atoms with Gasteiger partial charge in [0, 0.05) is 58.3 Å². The molecular weight excluding hydrogens is 596 g/mol. The van der Waals surface area contributed by atoms with Crippen LogP contribution in [0.2, 0.25) is 0 Å². The molecule has 0 radical (unpaired) electrons. The van der Waals surface area contributed by atoms with Crippen LogP contribution in [0.4, 0.5) is 11.4 Å². The molecule has 4 aromatic rings. The van der Waals surface area contributed by atoms with E-state index in [9.17, 15) is 15.9 Å². The number of ether oxygens (including phenoxy) is 2. The van der Waals surface area contributed by atoms with E-state index >= 15 is 0 Å². The molecule has 0 aliphatic carbocycles. The summed E-state index contributed by atoms with van der Waals surface area (Å²) in [6.07, 6.45) is 0.983. The number of rotatable bonds is 15. The lowest BCUT2D eigenvalue weighted by Gasteiger charge is -2.31. The van der Waals surface area contributed by atoms with E-state index in [4.69, 9.17) is 19.6 Å². The third-order valence-electron chi connectivity index (χ3n) is 7.78. The molecule has 4 aromatic carbocycles. The topological polar surface area (TPSA) is 178 Å². The van der Waals surface area contributed by atoms with Crippen LogP contribution in [0.25, 0.3) is 20.9 Å². The van der Waals surface area contributed by atoms with Gasteiger partial charge >= 0.3 is 0 Å². The average Bonchev–Trinajstić information content (AvgIpc) is 3.49. The fourth-order valence-corrected chi connectivity index (χ4v) is 5.50. The smallest absolute Gasteiger partial charge is 0.252 e.